The summed E-state index contributed by atoms with van der Waals surface area (Å²) in [5.74, 6) is -0.755. The van der Waals surface area contributed by atoms with Crippen molar-refractivity contribution in [3.63, 3.8) is 0 Å². The van der Waals surface area contributed by atoms with Crippen molar-refractivity contribution in [2.45, 2.75) is 0 Å². The maximum absolute atomic E-state index is 13.2. The highest BCUT2D eigenvalue weighted by Gasteiger charge is 2.03. The van der Waals surface area contributed by atoms with Gasteiger partial charge in [-0.25, -0.2) is 13.8 Å². The number of rotatable bonds is 4. The molecule has 0 amide bonds. The number of aromatic nitrogens is 1. The molecule has 4 nitrogen and oxygen atoms in total. The van der Waals surface area contributed by atoms with Crippen molar-refractivity contribution in [3.05, 3.63) is 65.0 Å². The van der Waals surface area contributed by atoms with Crippen molar-refractivity contribution in [2.24, 2.45) is 5.10 Å². The van der Waals surface area contributed by atoms with E-state index in [9.17, 15) is 8.78 Å². The Hall–Kier alpha value is -2.80. The summed E-state index contributed by atoms with van der Waals surface area (Å²) in [7, 11) is 0. The lowest BCUT2D eigenvalue weighted by atomic mass is 10.0. The highest BCUT2D eigenvalue weighted by atomic mass is 32.1. The van der Waals surface area contributed by atoms with Crippen LogP contribution in [0.5, 0.6) is 0 Å². The van der Waals surface area contributed by atoms with E-state index in [1.54, 1.807) is 35.9 Å². The maximum Gasteiger partial charge on any atom is 0.205 e. The number of nitrogens with two attached hydrogens (primary N) is 1. The zero-order chi connectivity index (χ0) is 16.2. The van der Waals surface area contributed by atoms with Crippen molar-refractivity contribution in [2.75, 3.05) is 11.2 Å². The Balaban J connectivity index is 1.71. The minimum absolute atomic E-state index is 0.444. The van der Waals surface area contributed by atoms with Gasteiger partial charge in [0.05, 0.1) is 6.21 Å². The zero-order valence-corrected chi connectivity index (χ0v) is 12.6. The minimum atomic E-state index is -0.599. The van der Waals surface area contributed by atoms with Crippen LogP contribution in [-0.4, -0.2) is 11.2 Å². The van der Waals surface area contributed by atoms with Crippen LogP contribution in [0.25, 0.3) is 11.1 Å². The predicted molar refractivity (Wildman–Crippen MR) is 89.5 cm³/mol. The van der Waals surface area contributed by atoms with E-state index in [4.69, 9.17) is 5.73 Å². The molecule has 3 aromatic rings. The van der Waals surface area contributed by atoms with Crippen LogP contribution in [0.1, 0.15) is 5.56 Å². The molecule has 0 aliphatic rings. The van der Waals surface area contributed by atoms with E-state index in [2.05, 4.69) is 15.5 Å². The fourth-order valence-electron chi connectivity index (χ4n) is 1.98. The molecule has 0 unspecified atom stereocenters. The number of thiazole rings is 1. The molecule has 7 heteroatoms. The number of nitrogens with one attached hydrogen (secondary N) is 1. The number of hydrazone groups is 1. The van der Waals surface area contributed by atoms with Crippen LogP contribution < -0.4 is 11.2 Å². The van der Waals surface area contributed by atoms with Crippen molar-refractivity contribution >= 4 is 28.5 Å². The molecular weight excluding hydrogens is 318 g/mol. The van der Waals surface area contributed by atoms with E-state index in [0.717, 1.165) is 17.2 Å². The van der Waals surface area contributed by atoms with Gasteiger partial charge in [0.25, 0.3) is 0 Å². The zero-order valence-electron chi connectivity index (χ0n) is 11.8. The van der Waals surface area contributed by atoms with Crippen LogP contribution in [0.2, 0.25) is 0 Å². The molecule has 116 valence electrons. The normalized spacial score (nSPS) is 11.0. The summed E-state index contributed by atoms with van der Waals surface area (Å²) in [6, 6.07) is 10.6. The van der Waals surface area contributed by atoms with Gasteiger partial charge in [-0.15, -0.1) is 11.3 Å². The molecule has 0 aliphatic heterocycles. The Morgan fingerprint density at radius 3 is 2.35 bits per heavy atom. The van der Waals surface area contributed by atoms with Crippen molar-refractivity contribution in [3.8, 4) is 11.1 Å². The van der Waals surface area contributed by atoms with Crippen LogP contribution in [0.15, 0.2) is 52.9 Å². The molecule has 0 fully saturated rings. The monoisotopic (exact) mass is 330 g/mol. The van der Waals surface area contributed by atoms with Crippen LogP contribution >= 0.6 is 11.3 Å². The summed E-state index contributed by atoms with van der Waals surface area (Å²) in [5.41, 5.74) is 10.3. The van der Waals surface area contributed by atoms with Gasteiger partial charge in [0, 0.05) is 11.4 Å². The second-order valence-electron chi connectivity index (χ2n) is 4.73. The molecule has 0 saturated carbocycles. The van der Waals surface area contributed by atoms with Crippen molar-refractivity contribution in [1.82, 2.24) is 4.98 Å². The first kappa shape index (κ1) is 15.1. The van der Waals surface area contributed by atoms with Gasteiger partial charge >= 0.3 is 0 Å². The second-order valence-corrected chi connectivity index (χ2v) is 5.59. The topological polar surface area (TPSA) is 63.3 Å². The number of benzene rings is 2. The molecule has 0 bridgehead atoms. The summed E-state index contributed by atoms with van der Waals surface area (Å²) in [5, 5.41) is 6.37. The summed E-state index contributed by atoms with van der Waals surface area (Å²) >= 11 is 1.36. The van der Waals surface area contributed by atoms with E-state index < -0.39 is 11.6 Å². The van der Waals surface area contributed by atoms with Gasteiger partial charge in [-0.2, -0.15) is 5.10 Å². The third-order valence-electron chi connectivity index (χ3n) is 3.00. The summed E-state index contributed by atoms with van der Waals surface area (Å²) in [6.07, 6.45) is 1.62. The number of nitrogens with zero attached hydrogens (tertiary/aromatic N) is 2. The highest BCUT2D eigenvalue weighted by molar-refractivity contribution is 7.14. The molecular formula is C16H12F2N4S. The van der Waals surface area contributed by atoms with Gasteiger partial charge in [0.15, 0.2) is 0 Å². The number of nitrogen functional groups attached to an aromatic ring is 1. The molecule has 0 saturated heterocycles. The molecule has 0 atom stereocenters. The largest absolute Gasteiger partial charge is 0.383 e. The summed E-state index contributed by atoms with van der Waals surface area (Å²) in [6.45, 7) is 0. The van der Waals surface area contributed by atoms with Gasteiger partial charge in [0.2, 0.25) is 5.13 Å². The summed E-state index contributed by atoms with van der Waals surface area (Å²) < 4.78 is 26.5. The Kier molecular flexibility index (Phi) is 4.29. The number of hydrogen-bond donors (Lipinski definition) is 2. The van der Waals surface area contributed by atoms with E-state index >= 15 is 0 Å². The first-order valence-corrected chi connectivity index (χ1v) is 7.55. The molecule has 1 heterocycles. The van der Waals surface area contributed by atoms with Crippen LogP contribution in [0, 0.1) is 11.6 Å². The lowest BCUT2D eigenvalue weighted by Crippen LogP contribution is -1.91. The molecule has 0 spiro atoms. The Morgan fingerprint density at radius 2 is 1.74 bits per heavy atom. The van der Waals surface area contributed by atoms with E-state index in [-0.39, 0.29) is 0 Å². The van der Waals surface area contributed by atoms with Gasteiger partial charge in [-0.1, -0.05) is 24.3 Å². The third kappa shape index (κ3) is 3.89. The quantitative estimate of drug-likeness (QED) is 0.559. The Bertz CT molecular complexity index is 823. The maximum atomic E-state index is 13.2. The molecule has 23 heavy (non-hydrogen) atoms. The van der Waals surface area contributed by atoms with Crippen LogP contribution in [0.3, 0.4) is 0 Å². The lowest BCUT2D eigenvalue weighted by molar-refractivity contribution is 0.584. The average molecular weight is 330 g/mol. The molecule has 2 aromatic carbocycles. The fourth-order valence-corrected chi connectivity index (χ4v) is 2.53. The number of anilines is 2. The SMILES string of the molecule is Nc1csc(NN=Cc2ccc(-c3cc(F)cc(F)c3)cc2)n1. The van der Waals surface area contributed by atoms with Crippen molar-refractivity contribution in [1.29, 1.82) is 0 Å². The van der Waals surface area contributed by atoms with Gasteiger partial charge in [-0.05, 0) is 28.8 Å². The molecule has 1 aromatic heterocycles. The first-order chi connectivity index (χ1) is 11.1. The smallest absolute Gasteiger partial charge is 0.205 e. The second kappa shape index (κ2) is 6.53. The molecule has 3 N–H and O–H groups in total. The predicted octanol–water partition coefficient (Wildman–Crippen LogP) is 4.12. The van der Waals surface area contributed by atoms with Gasteiger partial charge < -0.3 is 5.73 Å². The molecule has 0 aliphatic carbocycles. The number of halogens is 2. The molecule has 0 radical (unpaired) electrons. The van der Waals surface area contributed by atoms with Gasteiger partial charge in [0.1, 0.15) is 17.5 Å². The van der Waals surface area contributed by atoms with Crippen LogP contribution in [0.4, 0.5) is 19.7 Å². The Labute approximate surface area is 135 Å². The van der Waals surface area contributed by atoms with Crippen LogP contribution in [-0.2, 0) is 0 Å². The average Bonchev–Trinajstić information content (AvgIpc) is 2.92. The van der Waals surface area contributed by atoms with E-state index in [1.165, 1.54) is 23.5 Å². The lowest BCUT2D eigenvalue weighted by Gasteiger charge is -2.03. The number of hydrogen-bond acceptors (Lipinski definition) is 5. The van der Waals surface area contributed by atoms with Gasteiger partial charge in [-0.3, -0.25) is 5.43 Å². The highest BCUT2D eigenvalue weighted by Crippen LogP contribution is 2.22. The van der Waals surface area contributed by atoms with E-state index in [0.29, 0.717) is 16.5 Å². The minimum Gasteiger partial charge on any atom is -0.383 e. The van der Waals surface area contributed by atoms with Crippen molar-refractivity contribution < 1.29 is 8.78 Å². The first-order valence-electron chi connectivity index (χ1n) is 6.67. The molecule has 3 rings (SSSR count). The Morgan fingerprint density at radius 1 is 1.04 bits per heavy atom. The standard InChI is InChI=1S/C16H12F2N4S/c17-13-5-12(6-14(18)7-13)11-3-1-10(2-4-11)8-20-22-16-21-15(19)9-23-16/h1-9H,19H2,(H,21,22). The van der Waals surface area contributed by atoms with E-state index in [1.807, 2.05) is 0 Å². The fraction of sp³-hybridized carbons (Fsp3) is 0. The summed E-state index contributed by atoms with van der Waals surface area (Å²) in [4.78, 5) is 4.01. The third-order valence-corrected chi connectivity index (χ3v) is 3.77.